The van der Waals surface area contributed by atoms with Crippen molar-refractivity contribution in [3.8, 4) is 5.75 Å². The van der Waals surface area contributed by atoms with Crippen LogP contribution in [-0.2, 0) is 4.79 Å². The molecule has 20 heavy (non-hydrogen) atoms. The highest BCUT2D eigenvalue weighted by Gasteiger charge is 2.28. The smallest absolute Gasteiger partial charge is 0.316 e. The molecule has 0 spiro atoms. The minimum Gasteiger partial charge on any atom is -0.423 e. The second kappa shape index (κ2) is 5.92. The van der Waals surface area contributed by atoms with Crippen LogP contribution < -0.4 is 10.1 Å². The standard InChI is InChI=1S/C16H22FNO2/c1-16(2,3)15(19)20-14-12(5-4-6-13(14)17)11-7-9-18-10-8-11/h4-6,11,18H,7-10H2,1-3H3. The van der Waals surface area contributed by atoms with Crippen LogP contribution in [-0.4, -0.2) is 19.1 Å². The molecular weight excluding hydrogens is 257 g/mol. The Morgan fingerprint density at radius 3 is 2.55 bits per heavy atom. The Morgan fingerprint density at radius 1 is 1.30 bits per heavy atom. The van der Waals surface area contributed by atoms with E-state index in [1.165, 1.54) is 6.07 Å². The first kappa shape index (κ1) is 15.0. The number of carbonyl (C=O) groups excluding carboxylic acids is 1. The molecule has 1 N–H and O–H groups in total. The van der Waals surface area contributed by atoms with Crippen LogP contribution in [0.2, 0.25) is 0 Å². The van der Waals surface area contributed by atoms with Crippen LogP contribution in [0.25, 0.3) is 0 Å². The number of ether oxygens (including phenoxy) is 1. The van der Waals surface area contributed by atoms with Crippen molar-refractivity contribution in [1.29, 1.82) is 0 Å². The monoisotopic (exact) mass is 279 g/mol. The molecule has 0 unspecified atom stereocenters. The summed E-state index contributed by atoms with van der Waals surface area (Å²) in [6.07, 6.45) is 1.87. The predicted molar refractivity (Wildman–Crippen MR) is 76.3 cm³/mol. The summed E-state index contributed by atoms with van der Waals surface area (Å²) in [5.41, 5.74) is 0.164. The Bertz CT molecular complexity index is 488. The summed E-state index contributed by atoms with van der Waals surface area (Å²) in [6.45, 7) is 7.11. The summed E-state index contributed by atoms with van der Waals surface area (Å²) in [6, 6.07) is 4.89. The molecule has 1 aromatic rings. The lowest BCUT2D eigenvalue weighted by Crippen LogP contribution is -2.29. The molecule has 4 heteroatoms. The molecule has 110 valence electrons. The van der Waals surface area contributed by atoms with Gasteiger partial charge in [-0.3, -0.25) is 4.79 Å². The van der Waals surface area contributed by atoms with Crippen LogP contribution in [0.3, 0.4) is 0 Å². The second-order valence-electron chi connectivity index (χ2n) is 6.32. The average Bonchev–Trinajstić information content (AvgIpc) is 2.41. The maximum absolute atomic E-state index is 14.1. The van der Waals surface area contributed by atoms with Crippen molar-refractivity contribution in [1.82, 2.24) is 5.32 Å². The number of benzene rings is 1. The van der Waals surface area contributed by atoms with Gasteiger partial charge >= 0.3 is 5.97 Å². The van der Waals surface area contributed by atoms with Gasteiger partial charge < -0.3 is 10.1 Å². The Labute approximate surface area is 119 Å². The minimum atomic E-state index is -0.645. The number of rotatable bonds is 2. The molecule has 1 fully saturated rings. The lowest BCUT2D eigenvalue weighted by atomic mass is 9.89. The first-order valence-electron chi connectivity index (χ1n) is 7.11. The van der Waals surface area contributed by atoms with Crippen molar-refractivity contribution in [2.45, 2.75) is 39.5 Å². The fraction of sp³-hybridized carbons (Fsp3) is 0.562. The molecule has 0 radical (unpaired) electrons. The van der Waals surface area contributed by atoms with Crippen LogP contribution >= 0.6 is 0 Å². The Balaban J connectivity index is 2.29. The number of hydrogen-bond donors (Lipinski definition) is 1. The predicted octanol–water partition coefficient (Wildman–Crippen LogP) is 3.24. The lowest BCUT2D eigenvalue weighted by molar-refractivity contribution is -0.143. The molecule has 1 aliphatic heterocycles. The van der Waals surface area contributed by atoms with Gasteiger partial charge in [-0.2, -0.15) is 0 Å². The molecule has 0 bridgehead atoms. The average molecular weight is 279 g/mol. The third kappa shape index (κ3) is 3.37. The molecule has 1 heterocycles. The molecule has 0 saturated carbocycles. The highest BCUT2D eigenvalue weighted by Crippen LogP contribution is 2.35. The normalized spacial score (nSPS) is 17.0. The number of nitrogens with one attached hydrogen (secondary N) is 1. The maximum Gasteiger partial charge on any atom is 0.316 e. The lowest BCUT2D eigenvalue weighted by Gasteiger charge is -2.26. The van der Waals surface area contributed by atoms with Gasteiger partial charge in [-0.05, 0) is 58.7 Å². The van der Waals surface area contributed by atoms with Crippen LogP contribution in [0.1, 0.15) is 45.1 Å². The van der Waals surface area contributed by atoms with Crippen LogP contribution in [0.15, 0.2) is 18.2 Å². The number of para-hydroxylation sites is 1. The van der Waals surface area contributed by atoms with Gasteiger partial charge in [-0.15, -0.1) is 0 Å². The molecule has 2 rings (SSSR count). The van der Waals surface area contributed by atoms with E-state index in [0.717, 1.165) is 31.5 Å². The summed E-state index contributed by atoms with van der Waals surface area (Å²) in [5, 5.41) is 3.28. The first-order chi connectivity index (χ1) is 9.39. The van der Waals surface area contributed by atoms with E-state index in [9.17, 15) is 9.18 Å². The van der Waals surface area contributed by atoms with Gasteiger partial charge in [0.1, 0.15) is 0 Å². The summed E-state index contributed by atoms with van der Waals surface area (Å²) in [4.78, 5) is 12.0. The highest BCUT2D eigenvalue weighted by molar-refractivity contribution is 5.78. The molecular formula is C16H22FNO2. The zero-order valence-corrected chi connectivity index (χ0v) is 12.3. The highest BCUT2D eigenvalue weighted by atomic mass is 19.1. The van der Waals surface area contributed by atoms with Crippen LogP contribution in [0.5, 0.6) is 5.75 Å². The van der Waals surface area contributed by atoms with E-state index in [4.69, 9.17) is 4.74 Å². The van der Waals surface area contributed by atoms with Gasteiger partial charge in [-0.1, -0.05) is 12.1 Å². The quantitative estimate of drug-likeness (QED) is 0.667. The fourth-order valence-corrected chi connectivity index (χ4v) is 2.33. The zero-order valence-electron chi connectivity index (χ0n) is 12.3. The minimum absolute atomic E-state index is 0.110. The molecule has 1 saturated heterocycles. The second-order valence-corrected chi connectivity index (χ2v) is 6.32. The van der Waals surface area contributed by atoms with Crippen molar-refractivity contribution in [3.05, 3.63) is 29.6 Å². The summed E-state index contributed by atoms with van der Waals surface area (Å²) < 4.78 is 19.4. The molecule has 0 aromatic heterocycles. The Hall–Kier alpha value is -1.42. The van der Waals surface area contributed by atoms with Crippen LogP contribution in [0, 0.1) is 11.2 Å². The Kier molecular flexibility index (Phi) is 4.43. The van der Waals surface area contributed by atoms with E-state index in [1.807, 2.05) is 6.07 Å². The Morgan fingerprint density at radius 2 is 1.95 bits per heavy atom. The number of carbonyl (C=O) groups is 1. The molecule has 0 aliphatic carbocycles. The third-order valence-electron chi connectivity index (χ3n) is 3.58. The summed E-state index contributed by atoms with van der Waals surface area (Å²) >= 11 is 0. The SMILES string of the molecule is CC(C)(C)C(=O)Oc1c(F)cccc1C1CCNCC1. The topological polar surface area (TPSA) is 38.3 Å². The van der Waals surface area contributed by atoms with E-state index >= 15 is 0 Å². The van der Waals surface area contributed by atoms with Gasteiger partial charge in [0.2, 0.25) is 0 Å². The van der Waals surface area contributed by atoms with Crippen molar-refractivity contribution in [2.24, 2.45) is 5.41 Å². The summed E-state index contributed by atoms with van der Waals surface area (Å²) in [5.74, 6) is -0.509. The van der Waals surface area contributed by atoms with Gasteiger partial charge in [-0.25, -0.2) is 4.39 Å². The maximum atomic E-state index is 14.1. The number of piperidine rings is 1. The van der Waals surface area contributed by atoms with Crippen molar-refractivity contribution >= 4 is 5.97 Å². The van der Waals surface area contributed by atoms with Gasteiger partial charge in [0.15, 0.2) is 11.6 Å². The number of esters is 1. The van der Waals surface area contributed by atoms with Crippen molar-refractivity contribution in [2.75, 3.05) is 13.1 Å². The largest absolute Gasteiger partial charge is 0.423 e. The number of halogens is 1. The van der Waals surface area contributed by atoms with E-state index in [1.54, 1.807) is 26.8 Å². The number of hydrogen-bond acceptors (Lipinski definition) is 3. The zero-order chi connectivity index (χ0) is 14.8. The molecule has 0 atom stereocenters. The van der Waals surface area contributed by atoms with Crippen LogP contribution in [0.4, 0.5) is 4.39 Å². The van der Waals surface area contributed by atoms with Crippen molar-refractivity contribution in [3.63, 3.8) is 0 Å². The van der Waals surface area contributed by atoms with E-state index in [0.29, 0.717) is 0 Å². The van der Waals surface area contributed by atoms with Crippen molar-refractivity contribution < 1.29 is 13.9 Å². The van der Waals surface area contributed by atoms with Gasteiger partial charge in [0, 0.05) is 5.56 Å². The van der Waals surface area contributed by atoms with E-state index in [2.05, 4.69) is 5.32 Å². The molecule has 1 aromatic carbocycles. The van der Waals surface area contributed by atoms with Gasteiger partial charge in [0.05, 0.1) is 5.41 Å². The van der Waals surface area contributed by atoms with E-state index < -0.39 is 17.2 Å². The molecule has 0 amide bonds. The molecule has 3 nitrogen and oxygen atoms in total. The third-order valence-corrected chi connectivity index (χ3v) is 3.58. The first-order valence-corrected chi connectivity index (χ1v) is 7.11. The molecule has 1 aliphatic rings. The fourth-order valence-electron chi connectivity index (χ4n) is 2.33. The van der Waals surface area contributed by atoms with Gasteiger partial charge in [0.25, 0.3) is 0 Å². The van der Waals surface area contributed by atoms with E-state index in [-0.39, 0.29) is 11.7 Å². The summed E-state index contributed by atoms with van der Waals surface area (Å²) in [7, 11) is 0.